The monoisotopic (exact) mass is 285 g/mol. The maximum absolute atomic E-state index is 3.66. The van der Waals surface area contributed by atoms with Gasteiger partial charge in [-0.3, -0.25) is 0 Å². The molecule has 0 aliphatic heterocycles. The van der Waals surface area contributed by atoms with E-state index in [1.165, 1.54) is 39.3 Å². The van der Waals surface area contributed by atoms with Gasteiger partial charge in [-0.2, -0.15) is 0 Å². The van der Waals surface area contributed by atoms with Gasteiger partial charge in [0.2, 0.25) is 0 Å². The van der Waals surface area contributed by atoms with Crippen molar-refractivity contribution < 1.29 is 0 Å². The quantitative estimate of drug-likeness (QED) is 0.806. The highest BCUT2D eigenvalue weighted by Crippen LogP contribution is 2.44. The largest absolute Gasteiger partial charge is 0.309 e. The third-order valence-electron chi connectivity index (χ3n) is 4.10. The number of aryl methyl sites for hydroxylation is 2. The van der Waals surface area contributed by atoms with Crippen LogP contribution in [0.25, 0.3) is 10.4 Å². The molecule has 1 fully saturated rings. The van der Waals surface area contributed by atoms with Crippen LogP contribution in [0.4, 0.5) is 0 Å². The second-order valence-electron chi connectivity index (χ2n) is 5.89. The molecule has 1 aliphatic rings. The van der Waals surface area contributed by atoms with Crippen LogP contribution in [0, 0.1) is 19.8 Å². The van der Waals surface area contributed by atoms with Crippen molar-refractivity contribution in [2.75, 3.05) is 6.54 Å². The molecule has 0 spiro atoms. The summed E-state index contributed by atoms with van der Waals surface area (Å²) >= 11 is 1.96. The molecule has 1 heterocycles. The van der Waals surface area contributed by atoms with Gasteiger partial charge >= 0.3 is 0 Å². The number of benzene rings is 1. The smallest absolute Gasteiger partial charge is 0.0443 e. The van der Waals surface area contributed by atoms with Crippen LogP contribution in [-0.2, 0) is 0 Å². The Hall–Kier alpha value is -1.12. The molecule has 0 amide bonds. The summed E-state index contributed by atoms with van der Waals surface area (Å²) in [4.78, 5) is 2.91. The summed E-state index contributed by atoms with van der Waals surface area (Å²) in [7, 11) is 0. The van der Waals surface area contributed by atoms with Crippen molar-refractivity contribution in [1.29, 1.82) is 0 Å². The first kappa shape index (κ1) is 13.8. The minimum absolute atomic E-state index is 0.574. The minimum atomic E-state index is 0.574. The molecule has 1 aromatic carbocycles. The molecule has 2 heteroatoms. The van der Waals surface area contributed by atoms with E-state index in [1.807, 2.05) is 11.3 Å². The van der Waals surface area contributed by atoms with Crippen molar-refractivity contribution in [3.63, 3.8) is 0 Å². The van der Waals surface area contributed by atoms with Crippen molar-refractivity contribution in [3.8, 4) is 10.4 Å². The van der Waals surface area contributed by atoms with E-state index in [1.54, 1.807) is 0 Å². The predicted octanol–water partition coefficient (Wildman–Crippen LogP) is 5.09. The van der Waals surface area contributed by atoms with Gasteiger partial charge in [0.25, 0.3) is 0 Å². The minimum Gasteiger partial charge on any atom is -0.309 e. The summed E-state index contributed by atoms with van der Waals surface area (Å²) in [6.07, 6.45) is 2.77. The van der Waals surface area contributed by atoms with Gasteiger partial charge in [0, 0.05) is 15.8 Å². The molecule has 0 bridgehead atoms. The molecule has 1 N–H and O–H groups in total. The zero-order valence-corrected chi connectivity index (χ0v) is 13.4. The van der Waals surface area contributed by atoms with Crippen molar-refractivity contribution in [1.82, 2.24) is 5.32 Å². The van der Waals surface area contributed by atoms with Crippen molar-refractivity contribution >= 4 is 11.3 Å². The maximum atomic E-state index is 3.66. The molecule has 0 saturated heterocycles. The number of rotatable bonds is 5. The zero-order valence-electron chi connectivity index (χ0n) is 12.6. The van der Waals surface area contributed by atoms with Gasteiger partial charge < -0.3 is 5.32 Å². The fourth-order valence-electron chi connectivity index (χ4n) is 2.90. The Labute approximate surface area is 126 Å². The van der Waals surface area contributed by atoms with E-state index >= 15 is 0 Å². The molecule has 1 saturated carbocycles. The normalized spacial score (nSPS) is 16.4. The Kier molecular flexibility index (Phi) is 3.95. The van der Waals surface area contributed by atoms with Crippen LogP contribution in [0.15, 0.2) is 30.3 Å². The van der Waals surface area contributed by atoms with Gasteiger partial charge in [-0.1, -0.05) is 30.7 Å². The lowest BCUT2D eigenvalue weighted by molar-refractivity contribution is 0.504. The Morgan fingerprint density at radius 2 is 2.00 bits per heavy atom. The van der Waals surface area contributed by atoms with E-state index in [0.29, 0.717) is 6.04 Å². The van der Waals surface area contributed by atoms with Crippen LogP contribution >= 0.6 is 11.3 Å². The summed E-state index contributed by atoms with van der Waals surface area (Å²) < 4.78 is 0. The summed E-state index contributed by atoms with van der Waals surface area (Å²) in [6.45, 7) is 7.63. The third-order valence-corrected chi connectivity index (χ3v) is 5.30. The first-order valence-corrected chi connectivity index (χ1v) is 8.41. The predicted molar refractivity (Wildman–Crippen MR) is 88.4 cm³/mol. The van der Waals surface area contributed by atoms with Gasteiger partial charge in [0.1, 0.15) is 0 Å². The van der Waals surface area contributed by atoms with Gasteiger partial charge in [-0.15, -0.1) is 11.3 Å². The van der Waals surface area contributed by atoms with Gasteiger partial charge in [0.15, 0.2) is 0 Å². The van der Waals surface area contributed by atoms with E-state index in [0.717, 1.165) is 12.5 Å². The second-order valence-corrected chi connectivity index (χ2v) is 7.01. The highest BCUT2D eigenvalue weighted by Gasteiger charge is 2.32. The molecule has 20 heavy (non-hydrogen) atoms. The molecular weight excluding hydrogens is 262 g/mol. The first-order chi connectivity index (χ1) is 9.69. The van der Waals surface area contributed by atoms with Crippen LogP contribution in [0.1, 0.15) is 41.8 Å². The van der Waals surface area contributed by atoms with Crippen LogP contribution < -0.4 is 5.32 Å². The first-order valence-electron chi connectivity index (χ1n) is 7.59. The van der Waals surface area contributed by atoms with Crippen LogP contribution in [0.2, 0.25) is 0 Å². The Bertz CT molecular complexity index is 595. The van der Waals surface area contributed by atoms with E-state index < -0.39 is 0 Å². The summed E-state index contributed by atoms with van der Waals surface area (Å²) in [5, 5.41) is 3.66. The van der Waals surface area contributed by atoms with E-state index in [4.69, 9.17) is 0 Å². The Morgan fingerprint density at radius 1 is 1.20 bits per heavy atom. The fourth-order valence-corrected chi connectivity index (χ4v) is 4.17. The molecule has 3 rings (SSSR count). The lowest BCUT2D eigenvalue weighted by Gasteiger charge is -2.15. The van der Waals surface area contributed by atoms with E-state index in [2.05, 4.69) is 56.4 Å². The average molecular weight is 285 g/mol. The van der Waals surface area contributed by atoms with Crippen molar-refractivity contribution in [2.45, 2.75) is 39.7 Å². The lowest BCUT2D eigenvalue weighted by atomic mass is 10.0. The SMILES string of the molecule is CCNC(c1ccc(-c2ccc(C)cc2C)s1)C1CC1. The molecule has 0 radical (unpaired) electrons. The molecule has 1 aliphatic carbocycles. The number of hydrogen-bond acceptors (Lipinski definition) is 2. The molecule has 1 atom stereocenters. The summed E-state index contributed by atoms with van der Waals surface area (Å²) in [5.41, 5.74) is 4.11. The molecule has 1 unspecified atom stereocenters. The summed E-state index contributed by atoms with van der Waals surface area (Å²) in [6, 6.07) is 11.9. The maximum Gasteiger partial charge on any atom is 0.0443 e. The number of nitrogens with one attached hydrogen (secondary N) is 1. The Balaban J connectivity index is 1.89. The van der Waals surface area contributed by atoms with Crippen molar-refractivity contribution in [2.24, 2.45) is 5.92 Å². The van der Waals surface area contributed by atoms with E-state index in [9.17, 15) is 0 Å². The van der Waals surface area contributed by atoms with Crippen LogP contribution in [-0.4, -0.2) is 6.54 Å². The zero-order chi connectivity index (χ0) is 14.1. The number of thiophene rings is 1. The van der Waals surface area contributed by atoms with Gasteiger partial charge in [-0.05, 0) is 62.4 Å². The highest BCUT2D eigenvalue weighted by molar-refractivity contribution is 7.15. The average Bonchev–Trinajstić information content (AvgIpc) is 3.14. The molecule has 1 aromatic heterocycles. The molecule has 106 valence electrons. The molecular formula is C18H23NS. The second kappa shape index (κ2) is 5.71. The molecule has 2 aromatic rings. The van der Waals surface area contributed by atoms with E-state index in [-0.39, 0.29) is 0 Å². The van der Waals surface area contributed by atoms with Crippen molar-refractivity contribution in [3.05, 3.63) is 46.3 Å². The molecule has 1 nitrogen and oxygen atoms in total. The lowest BCUT2D eigenvalue weighted by Crippen LogP contribution is -2.21. The number of hydrogen-bond donors (Lipinski definition) is 1. The summed E-state index contributed by atoms with van der Waals surface area (Å²) in [5.74, 6) is 0.862. The topological polar surface area (TPSA) is 12.0 Å². The van der Waals surface area contributed by atoms with Crippen LogP contribution in [0.5, 0.6) is 0 Å². The standard InChI is InChI=1S/C18H23NS/c1-4-19-18(14-6-7-14)17-10-9-16(20-17)15-8-5-12(2)11-13(15)3/h5,8-11,14,18-19H,4,6-7H2,1-3H3. The van der Waals surface area contributed by atoms with Crippen LogP contribution in [0.3, 0.4) is 0 Å². The Morgan fingerprint density at radius 3 is 2.65 bits per heavy atom. The van der Waals surface area contributed by atoms with Gasteiger partial charge in [0.05, 0.1) is 0 Å². The highest BCUT2D eigenvalue weighted by atomic mass is 32.1. The van der Waals surface area contributed by atoms with Gasteiger partial charge in [-0.25, -0.2) is 0 Å². The fraction of sp³-hybridized carbons (Fsp3) is 0.444. The third kappa shape index (κ3) is 2.82.